The van der Waals surface area contributed by atoms with E-state index in [1.54, 1.807) is 0 Å². The first-order chi connectivity index (χ1) is 8.06. The van der Waals surface area contributed by atoms with Gasteiger partial charge in [0, 0.05) is 11.5 Å². The van der Waals surface area contributed by atoms with Gasteiger partial charge >= 0.3 is 5.63 Å². The van der Waals surface area contributed by atoms with Crippen LogP contribution in [0.5, 0.6) is 0 Å². The largest absolute Gasteiger partial charge is 0.423 e. The Labute approximate surface area is 101 Å². The molecule has 0 fully saturated rings. The van der Waals surface area contributed by atoms with Gasteiger partial charge in [-0.2, -0.15) is 0 Å². The van der Waals surface area contributed by atoms with Gasteiger partial charge < -0.3 is 4.42 Å². The minimum atomic E-state index is -0.297. The van der Waals surface area contributed by atoms with Crippen molar-refractivity contribution in [2.24, 2.45) is 0 Å². The highest BCUT2D eigenvalue weighted by Gasteiger charge is 2.02. The van der Waals surface area contributed by atoms with Gasteiger partial charge in [-0.05, 0) is 56.5 Å². The highest BCUT2D eigenvalue weighted by molar-refractivity contribution is 5.78. The first-order valence-electron chi connectivity index (χ1n) is 5.73. The fraction of sp³-hybridized carbons (Fsp3) is 0.267. The van der Waals surface area contributed by atoms with Crippen molar-refractivity contribution in [3.63, 3.8) is 0 Å². The monoisotopic (exact) mass is 228 g/mol. The summed E-state index contributed by atoms with van der Waals surface area (Å²) in [6, 6.07) is 7.30. The van der Waals surface area contributed by atoms with E-state index in [0.717, 1.165) is 17.4 Å². The zero-order valence-corrected chi connectivity index (χ0v) is 10.4. The van der Waals surface area contributed by atoms with Gasteiger partial charge in [0.2, 0.25) is 0 Å². The lowest BCUT2D eigenvalue weighted by Crippen LogP contribution is -1.96. The van der Waals surface area contributed by atoms with Crippen LogP contribution in [0.15, 0.2) is 45.1 Å². The summed E-state index contributed by atoms with van der Waals surface area (Å²) in [4.78, 5) is 11.1. The molecule has 1 heterocycles. The molecule has 0 amide bonds. The van der Waals surface area contributed by atoms with Crippen LogP contribution >= 0.6 is 0 Å². The third kappa shape index (κ3) is 2.64. The van der Waals surface area contributed by atoms with Gasteiger partial charge in [0.1, 0.15) is 5.58 Å². The summed E-state index contributed by atoms with van der Waals surface area (Å²) in [5.74, 6) is 0. The highest BCUT2D eigenvalue weighted by Crippen LogP contribution is 2.19. The van der Waals surface area contributed by atoms with Crippen LogP contribution in [0.2, 0.25) is 0 Å². The third-order valence-electron chi connectivity index (χ3n) is 2.81. The van der Waals surface area contributed by atoms with Gasteiger partial charge in [0.15, 0.2) is 0 Å². The summed E-state index contributed by atoms with van der Waals surface area (Å²) in [7, 11) is 0. The molecule has 0 bridgehead atoms. The second kappa shape index (κ2) is 4.58. The molecule has 1 aromatic heterocycles. The molecule has 0 saturated carbocycles. The molecule has 0 aliphatic carbocycles. The Hall–Kier alpha value is -1.83. The van der Waals surface area contributed by atoms with Crippen molar-refractivity contribution in [1.82, 2.24) is 0 Å². The summed E-state index contributed by atoms with van der Waals surface area (Å²) in [5, 5.41) is 0.979. The molecule has 0 atom stereocenters. The predicted molar refractivity (Wildman–Crippen MR) is 70.4 cm³/mol. The lowest BCUT2D eigenvalue weighted by Gasteiger charge is -2.05. The van der Waals surface area contributed by atoms with Crippen molar-refractivity contribution in [1.29, 1.82) is 0 Å². The molecule has 0 spiro atoms. The van der Waals surface area contributed by atoms with Gasteiger partial charge in [-0.3, -0.25) is 0 Å². The quantitative estimate of drug-likeness (QED) is 0.580. The molecule has 0 radical (unpaired) electrons. The second-order valence-electron chi connectivity index (χ2n) is 4.56. The van der Waals surface area contributed by atoms with E-state index in [4.69, 9.17) is 4.42 Å². The summed E-state index contributed by atoms with van der Waals surface area (Å²) >= 11 is 0. The Kier molecular flexibility index (Phi) is 3.14. The maximum absolute atomic E-state index is 11.1. The van der Waals surface area contributed by atoms with E-state index >= 15 is 0 Å². The Morgan fingerprint density at radius 1 is 1.29 bits per heavy atom. The average Bonchev–Trinajstić information content (AvgIpc) is 2.26. The molecule has 2 heteroatoms. The molecular formula is C15H16O2. The normalized spacial score (nSPS) is 10.5. The van der Waals surface area contributed by atoms with Crippen molar-refractivity contribution >= 4 is 11.0 Å². The van der Waals surface area contributed by atoms with Crippen LogP contribution in [0.1, 0.15) is 25.0 Å². The fourth-order valence-corrected chi connectivity index (χ4v) is 1.80. The van der Waals surface area contributed by atoms with Crippen molar-refractivity contribution < 1.29 is 4.42 Å². The molecule has 17 heavy (non-hydrogen) atoms. The van der Waals surface area contributed by atoms with Crippen LogP contribution in [-0.2, 0) is 6.42 Å². The lowest BCUT2D eigenvalue weighted by atomic mass is 10.0. The van der Waals surface area contributed by atoms with Crippen LogP contribution in [0.4, 0.5) is 0 Å². The minimum Gasteiger partial charge on any atom is -0.423 e. The maximum atomic E-state index is 11.1. The molecule has 2 aromatic rings. The van der Waals surface area contributed by atoms with Crippen molar-refractivity contribution in [2.45, 2.75) is 27.2 Å². The number of aryl methyl sites for hydroxylation is 1. The molecule has 2 nitrogen and oxygen atoms in total. The van der Waals surface area contributed by atoms with E-state index < -0.39 is 0 Å². The number of benzene rings is 1. The molecule has 0 saturated heterocycles. The van der Waals surface area contributed by atoms with Gasteiger partial charge in [-0.15, -0.1) is 0 Å². The average molecular weight is 228 g/mol. The lowest BCUT2D eigenvalue weighted by molar-refractivity contribution is 0.560. The van der Waals surface area contributed by atoms with E-state index in [9.17, 15) is 4.79 Å². The van der Waals surface area contributed by atoms with E-state index in [2.05, 4.69) is 26.0 Å². The fourth-order valence-electron chi connectivity index (χ4n) is 1.80. The summed E-state index contributed by atoms with van der Waals surface area (Å²) < 4.78 is 5.15. The molecule has 1 aromatic carbocycles. The van der Waals surface area contributed by atoms with E-state index in [-0.39, 0.29) is 5.63 Å². The highest BCUT2D eigenvalue weighted by atomic mass is 16.4. The SMILES string of the molecule is CC(C)=CCc1cc2ccc(=O)oc2cc1C. The minimum absolute atomic E-state index is 0.297. The van der Waals surface area contributed by atoms with Crippen LogP contribution in [0.3, 0.4) is 0 Å². The van der Waals surface area contributed by atoms with Crippen molar-refractivity contribution in [3.8, 4) is 0 Å². The zero-order valence-electron chi connectivity index (χ0n) is 10.4. The Balaban J connectivity index is 2.52. The van der Waals surface area contributed by atoms with E-state index in [1.165, 1.54) is 17.2 Å². The first-order valence-corrected chi connectivity index (χ1v) is 5.73. The van der Waals surface area contributed by atoms with E-state index in [1.807, 2.05) is 19.1 Å². The number of rotatable bonds is 2. The molecular weight excluding hydrogens is 212 g/mol. The van der Waals surface area contributed by atoms with Gasteiger partial charge in [-0.1, -0.05) is 11.6 Å². The Morgan fingerprint density at radius 2 is 2.06 bits per heavy atom. The van der Waals surface area contributed by atoms with Gasteiger partial charge in [0.05, 0.1) is 0 Å². The topological polar surface area (TPSA) is 30.2 Å². The number of hydrogen-bond donors (Lipinski definition) is 0. The Morgan fingerprint density at radius 3 is 2.76 bits per heavy atom. The molecule has 88 valence electrons. The maximum Gasteiger partial charge on any atom is 0.336 e. The number of fused-ring (bicyclic) bond motifs is 1. The van der Waals surface area contributed by atoms with Crippen molar-refractivity contribution in [2.75, 3.05) is 0 Å². The van der Waals surface area contributed by atoms with Crippen LogP contribution < -0.4 is 5.63 Å². The molecule has 0 N–H and O–H groups in total. The molecule has 0 aliphatic heterocycles. The predicted octanol–water partition coefficient (Wildman–Crippen LogP) is 3.61. The number of allylic oxidation sites excluding steroid dienone is 2. The van der Waals surface area contributed by atoms with Crippen molar-refractivity contribution in [3.05, 3.63) is 57.5 Å². The summed E-state index contributed by atoms with van der Waals surface area (Å²) in [6.07, 6.45) is 3.12. The molecule has 2 rings (SSSR count). The zero-order chi connectivity index (χ0) is 12.4. The first kappa shape index (κ1) is 11.6. The van der Waals surface area contributed by atoms with Crippen LogP contribution in [0, 0.1) is 6.92 Å². The Bertz CT molecular complexity index is 629. The van der Waals surface area contributed by atoms with Crippen LogP contribution in [0.25, 0.3) is 11.0 Å². The third-order valence-corrected chi connectivity index (χ3v) is 2.81. The van der Waals surface area contributed by atoms with Crippen LogP contribution in [-0.4, -0.2) is 0 Å². The summed E-state index contributed by atoms with van der Waals surface area (Å²) in [5.41, 5.74) is 4.10. The standard InChI is InChI=1S/C15H16O2/c1-10(2)4-5-12-9-13-6-7-15(16)17-14(13)8-11(12)3/h4,6-9H,5H2,1-3H3. The van der Waals surface area contributed by atoms with Gasteiger partial charge in [-0.25, -0.2) is 4.79 Å². The molecule has 0 aliphatic rings. The smallest absolute Gasteiger partial charge is 0.336 e. The number of hydrogen-bond acceptors (Lipinski definition) is 2. The second-order valence-corrected chi connectivity index (χ2v) is 4.56. The molecule has 0 unspecified atom stereocenters. The van der Waals surface area contributed by atoms with E-state index in [0.29, 0.717) is 5.58 Å². The van der Waals surface area contributed by atoms with Gasteiger partial charge in [0.25, 0.3) is 0 Å². The summed E-state index contributed by atoms with van der Waals surface area (Å²) in [6.45, 7) is 6.23.